The molecule has 0 radical (unpaired) electrons. The Morgan fingerprint density at radius 2 is 1.81 bits per heavy atom. The Kier molecular flexibility index (Phi) is 7.48. The lowest BCUT2D eigenvalue weighted by molar-refractivity contribution is -0.384. The summed E-state index contributed by atoms with van der Waals surface area (Å²) in [6, 6.07) is 10.4. The number of nitrogens with one attached hydrogen (secondary N) is 1. The average molecular weight is 465 g/mol. The van der Waals surface area contributed by atoms with Crippen LogP contribution in [0.2, 0.25) is 10.0 Å². The Morgan fingerprint density at radius 1 is 1.06 bits per heavy atom. The summed E-state index contributed by atoms with van der Waals surface area (Å²) in [6.45, 7) is 4.00. The minimum Gasteiger partial charge on any atom is -0.337 e. The van der Waals surface area contributed by atoms with Gasteiger partial charge in [0.05, 0.1) is 32.3 Å². The van der Waals surface area contributed by atoms with Crippen molar-refractivity contribution in [2.75, 3.05) is 31.5 Å². The maximum atomic E-state index is 12.8. The highest BCUT2D eigenvalue weighted by Crippen LogP contribution is 2.27. The summed E-state index contributed by atoms with van der Waals surface area (Å²) in [5.41, 5.74) is 0.637. The van der Waals surface area contributed by atoms with Crippen molar-refractivity contribution in [3.8, 4) is 0 Å². The Labute approximate surface area is 189 Å². The van der Waals surface area contributed by atoms with Crippen LogP contribution in [0.4, 0.5) is 11.4 Å². The highest BCUT2D eigenvalue weighted by Gasteiger charge is 2.27. The van der Waals surface area contributed by atoms with Gasteiger partial charge in [-0.2, -0.15) is 0 Å². The van der Waals surface area contributed by atoms with E-state index in [1.165, 1.54) is 18.2 Å². The molecule has 1 N–H and O–H groups in total. The number of nitro benzene ring substituents is 1. The summed E-state index contributed by atoms with van der Waals surface area (Å²) in [4.78, 5) is 39.6. The fourth-order valence-electron chi connectivity index (χ4n) is 3.45. The van der Waals surface area contributed by atoms with Gasteiger partial charge in [0.25, 0.3) is 11.6 Å². The standard InChI is InChI=1S/C21H22Cl2N4O4/c1-14(20(28)24-19-8-7-15(27(30)31)13-18(19)23)25-9-4-10-26(12-11-25)21(29)16-5-2-3-6-17(16)22/h2-3,5-8,13-14H,4,9-12H2,1H3,(H,24,28). The predicted molar refractivity (Wildman–Crippen MR) is 120 cm³/mol. The zero-order chi connectivity index (χ0) is 22.5. The smallest absolute Gasteiger partial charge is 0.271 e. The molecule has 10 heteroatoms. The molecular weight excluding hydrogens is 443 g/mol. The van der Waals surface area contributed by atoms with Gasteiger partial charge >= 0.3 is 0 Å². The molecule has 1 fully saturated rings. The molecule has 1 unspecified atom stereocenters. The molecule has 31 heavy (non-hydrogen) atoms. The number of benzene rings is 2. The minimum absolute atomic E-state index is 0.0992. The van der Waals surface area contributed by atoms with E-state index in [9.17, 15) is 19.7 Å². The van der Waals surface area contributed by atoms with Crippen LogP contribution in [0.3, 0.4) is 0 Å². The quantitative estimate of drug-likeness (QED) is 0.531. The number of rotatable bonds is 5. The maximum Gasteiger partial charge on any atom is 0.271 e. The molecule has 0 spiro atoms. The van der Waals surface area contributed by atoms with Crippen LogP contribution in [0.1, 0.15) is 23.7 Å². The summed E-state index contributed by atoms with van der Waals surface area (Å²) in [6.07, 6.45) is 0.714. The second kappa shape index (κ2) is 10.1. The number of non-ortho nitro benzene ring substituents is 1. The number of carbonyl (C=O) groups is 2. The van der Waals surface area contributed by atoms with E-state index in [1.54, 1.807) is 36.1 Å². The van der Waals surface area contributed by atoms with Crippen LogP contribution < -0.4 is 5.32 Å². The summed E-state index contributed by atoms with van der Waals surface area (Å²) < 4.78 is 0. The Morgan fingerprint density at radius 3 is 2.48 bits per heavy atom. The maximum absolute atomic E-state index is 12.8. The molecule has 2 amide bonds. The lowest BCUT2D eigenvalue weighted by atomic mass is 10.2. The number of carbonyl (C=O) groups excluding carboxylic acids is 2. The van der Waals surface area contributed by atoms with Crippen LogP contribution >= 0.6 is 23.2 Å². The van der Waals surface area contributed by atoms with Crippen molar-refractivity contribution in [3.05, 3.63) is 68.2 Å². The molecule has 2 aromatic carbocycles. The van der Waals surface area contributed by atoms with Crippen LogP contribution in [0.25, 0.3) is 0 Å². The van der Waals surface area contributed by atoms with Gasteiger partial charge in [-0.1, -0.05) is 35.3 Å². The molecule has 0 bridgehead atoms. The first-order valence-electron chi connectivity index (χ1n) is 9.80. The Balaban J connectivity index is 1.62. The predicted octanol–water partition coefficient (Wildman–Crippen LogP) is 4.08. The Hall–Kier alpha value is -2.68. The number of nitrogens with zero attached hydrogens (tertiary/aromatic N) is 3. The molecule has 1 aliphatic heterocycles. The highest BCUT2D eigenvalue weighted by atomic mass is 35.5. The summed E-state index contributed by atoms with van der Waals surface area (Å²) in [5, 5.41) is 14.1. The molecule has 8 nitrogen and oxygen atoms in total. The topological polar surface area (TPSA) is 95.8 Å². The molecular formula is C21H22Cl2N4O4. The van der Waals surface area contributed by atoms with Crippen molar-refractivity contribution in [3.63, 3.8) is 0 Å². The third kappa shape index (κ3) is 5.52. The van der Waals surface area contributed by atoms with E-state index in [1.807, 2.05) is 4.90 Å². The number of anilines is 1. The van der Waals surface area contributed by atoms with Gasteiger partial charge in [-0.25, -0.2) is 0 Å². The zero-order valence-electron chi connectivity index (χ0n) is 16.9. The molecule has 2 aromatic rings. The highest BCUT2D eigenvalue weighted by molar-refractivity contribution is 6.34. The monoisotopic (exact) mass is 464 g/mol. The van der Waals surface area contributed by atoms with E-state index < -0.39 is 11.0 Å². The van der Waals surface area contributed by atoms with Crippen LogP contribution in [0.5, 0.6) is 0 Å². The van der Waals surface area contributed by atoms with E-state index in [2.05, 4.69) is 5.32 Å². The summed E-state index contributed by atoms with van der Waals surface area (Å²) in [5.74, 6) is -0.399. The molecule has 0 aliphatic carbocycles. The van der Waals surface area contributed by atoms with Gasteiger partial charge in [-0.05, 0) is 31.5 Å². The van der Waals surface area contributed by atoms with Crippen LogP contribution in [-0.2, 0) is 4.79 Å². The van der Waals surface area contributed by atoms with Gasteiger partial charge in [0, 0.05) is 38.3 Å². The number of hydrogen-bond acceptors (Lipinski definition) is 5. The first-order chi connectivity index (χ1) is 14.8. The molecule has 1 saturated heterocycles. The number of nitro groups is 1. The van der Waals surface area contributed by atoms with Crippen molar-refractivity contribution in [2.24, 2.45) is 0 Å². The minimum atomic E-state index is -0.549. The van der Waals surface area contributed by atoms with Crippen molar-refractivity contribution in [1.82, 2.24) is 9.80 Å². The summed E-state index contributed by atoms with van der Waals surface area (Å²) in [7, 11) is 0. The lowest BCUT2D eigenvalue weighted by Gasteiger charge is -2.27. The van der Waals surface area contributed by atoms with Crippen LogP contribution in [0, 0.1) is 10.1 Å². The fraction of sp³-hybridized carbons (Fsp3) is 0.333. The molecule has 1 aliphatic rings. The molecule has 1 heterocycles. The SMILES string of the molecule is CC(C(=O)Nc1ccc([N+](=O)[O-])cc1Cl)N1CCCN(C(=O)c2ccccc2Cl)CC1. The lowest BCUT2D eigenvalue weighted by Crippen LogP contribution is -2.44. The van der Waals surface area contributed by atoms with Crippen molar-refractivity contribution in [2.45, 2.75) is 19.4 Å². The summed E-state index contributed by atoms with van der Waals surface area (Å²) >= 11 is 12.2. The number of amides is 2. The second-order valence-corrected chi connectivity index (χ2v) is 8.06. The third-order valence-electron chi connectivity index (χ3n) is 5.27. The average Bonchev–Trinajstić information content (AvgIpc) is 3.00. The van der Waals surface area contributed by atoms with Crippen molar-refractivity contribution >= 4 is 46.4 Å². The Bertz CT molecular complexity index is 1000. The van der Waals surface area contributed by atoms with Crippen molar-refractivity contribution < 1.29 is 14.5 Å². The van der Waals surface area contributed by atoms with Gasteiger partial charge < -0.3 is 10.2 Å². The zero-order valence-corrected chi connectivity index (χ0v) is 18.4. The van der Waals surface area contributed by atoms with Crippen LogP contribution in [-0.4, -0.2) is 58.8 Å². The molecule has 0 aromatic heterocycles. The van der Waals surface area contributed by atoms with Gasteiger partial charge in [-0.15, -0.1) is 0 Å². The first-order valence-corrected chi connectivity index (χ1v) is 10.6. The second-order valence-electron chi connectivity index (χ2n) is 7.25. The van der Waals surface area contributed by atoms with Crippen LogP contribution in [0.15, 0.2) is 42.5 Å². The van der Waals surface area contributed by atoms with Gasteiger partial charge in [0.1, 0.15) is 0 Å². The van der Waals surface area contributed by atoms with Gasteiger partial charge in [0.15, 0.2) is 0 Å². The van der Waals surface area contributed by atoms with E-state index in [0.717, 1.165) is 0 Å². The van der Waals surface area contributed by atoms with Crippen molar-refractivity contribution in [1.29, 1.82) is 0 Å². The third-order valence-corrected chi connectivity index (χ3v) is 5.91. The van der Waals surface area contributed by atoms with E-state index in [4.69, 9.17) is 23.2 Å². The fourth-order valence-corrected chi connectivity index (χ4v) is 3.89. The molecule has 1 atom stereocenters. The van der Waals surface area contributed by atoms with E-state index in [0.29, 0.717) is 48.9 Å². The molecule has 164 valence electrons. The normalized spacial score (nSPS) is 15.8. The van der Waals surface area contributed by atoms with E-state index in [-0.39, 0.29) is 22.5 Å². The first kappa shape index (κ1) is 23.0. The number of halogens is 2. The molecule has 0 saturated carbocycles. The van der Waals surface area contributed by atoms with Gasteiger partial charge in [-0.3, -0.25) is 24.6 Å². The van der Waals surface area contributed by atoms with Gasteiger partial charge in [0.2, 0.25) is 5.91 Å². The number of hydrogen-bond donors (Lipinski definition) is 1. The largest absolute Gasteiger partial charge is 0.337 e. The molecule has 3 rings (SSSR count). The van der Waals surface area contributed by atoms with E-state index >= 15 is 0 Å².